The molecule has 1 saturated carbocycles. The van der Waals surface area contributed by atoms with Crippen LogP contribution in [0.25, 0.3) is 0 Å². The molecular weight excluding hydrogens is 244 g/mol. The van der Waals surface area contributed by atoms with Crippen LogP contribution < -0.4 is 10.6 Å². The van der Waals surface area contributed by atoms with Crippen molar-refractivity contribution >= 4 is 11.9 Å². The third kappa shape index (κ3) is 5.19. The summed E-state index contributed by atoms with van der Waals surface area (Å²) in [5.41, 5.74) is 0. The number of carbonyl (C=O) groups is 2. The predicted molar refractivity (Wildman–Crippen MR) is 73.8 cm³/mol. The zero-order valence-corrected chi connectivity index (χ0v) is 11.9. The topological polar surface area (TPSA) is 78.4 Å². The number of carboxylic acid groups (broad SMARTS) is 1. The number of carbonyl (C=O) groups excluding carboxylic acids is 1. The summed E-state index contributed by atoms with van der Waals surface area (Å²) in [6.45, 7) is 5.13. The van der Waals surface area contributed by atoms with Gasteiger partial charge in [-0.05, 0) is 38.6 Å². The molecule has 1 aliphatic rings. The maximum atomic E-state index is 11.7. The number of hydrogen-bond donors (Lipinski definition) is 3. The first-order chi connectivity index (χ1) is 9.06. The Morgan fingerprint density at radius 2 is 2.00 bits per heavy atom. The number of amides is 1. The summed E-state index contributed by atoms with van der Waals surface area (Å²) in [5, 5.41) is 15.2. The lowest BCUT2D eigenvalue weighted by molar-refractivity contribution is -0.144. The lowest BCUT2D eigenvalue weighted by atomic mass is 9.79. The Kier molecular flexibility index (Phi) is 6.84. The van der Waals surface area contributed by atoms with Gasteiger partial charge >= 0.3 is 5.97 Å². The molecule has 0 aliphatic heterocycles. The minimum Gasteiger partial charge on any atom is -0.481 e. The van der Waals surface area contributed by atoms with E-state index in [4.69, 9.17) is 0 Å². The van der Waals surface area contributed by atoms with E-state index < -0.39 is 5.97 Å². The van der Waals surface area contributed by atoms with Gasteiger partial charge in [-0.2, -0.15) is 0 Å². The van der Waals surface area contributed by atoms with Gasteiger partial charge in [-0.15, -0.1) is 0 Å². The third-order valence-electron chi connectivity index (χ3n) is 3.86. The zero-order chi connectivity index (χ0) is 14.3. The molecule has 1 rings (SSSR count). The van der Waals surface area contributed by atoms with Crippen LogP contribution in [-0.4, -0.2) is 36.1 Å². The molecule has 3 N–H and O–H groups in total. The Morgan fingerprint density at radius 1 is 1.32 bits per heavy atom. The van der Waals surface area contributed by atoms with Crippen molar-refractivity contribution in [3.05, 3.63) is 0 Å². The molecule has 1 aliphatic carbocycles. The van der Waals surface area contributed by atoms with Gasteiger partial charge in [-0.25, -0.2) is 0 Å². The summed E-state index contributed by atoms with van der Waals surface area (Å²) in [6, 6.07) is -0.261. The van der Waals surface area contributed by atoms with Crippen LogP contribution in [0, 0.1) is 11.8 Å². The van der Waals surface area contributed by atoms with Crippen LogP contribution in [0.5, 0.6) is 0 Å². The Morgan fingerprint density at radius 3 is 2.63 bits per heavy atom. The van der Waals surface area contributed by atoms with Gasteiger partial charge in [0, 0.05) is 6.54 Å². The first-order valence-corrected chi connectivity index (χ1v) is 7.30. The van der Waals surface area contributed by atoms with Crippen LogP contribution >= 0.6 is 0 Å². The van der Waals surface area contributed by atoms with Crippen LogP contribution in [0.3, 0.4) is 0 Å². The molecule has 0 heterocycles. The first-order valence-electron chi connectivity index (χ1n) is 7.30. The fourth-order valence-corrected chi connectivity index (χ4v) is 2.60. The van der Waals surface area contributed by atoms with Crippen molar-refractivity contribution in [2.45, 2.75) is 52.0 Å². The summed E-state index contributed by atoms with van der Waals surface area (Å²) in [4.78, 5) is 22.9. The normalized spacial score (nSPS) is 24.7. The highest BCUT2D eigenvalue weighted by Crippen LogP contribution is 2.29. The molecule has 5 nitrogen and oxygen atoms in total. The number of carboxylic acids is 1. The molecule has 0 bridgehead atoms. The second-order valence-electron chi connectivity index (χ2n) is 5.41. The van der Waals surface area contributed by atoms with Gasteiger partial charge in [-0.1, -0.05) is 19.8 Å². The monoisotopic (exact) mass is 270 g/mol. The molecule has 0 aromatic carbocycles. The molecule has 110 valence electrons. The highest BCUT2D eigenvalue weighted by atomic mass is 16.4. The van der Waals surface area contributed by atoms with E-state index in [1.165, 1.54) is 0 Å². The van der Waals surface area contributed by atoms with Crippen molar-refractivity contribution in [1.29, 1.82) is 0 Å². The number of aliphatic carboxylic acids is 1. The molecule has 0 spiro atoms. The van der Waals surface area contributed by atoms with E-state index in [9.17, 15) is 14.7 Å². The minimum atomic E-state index is -0.699. The Balaban J connectivity index is 2.37. The van der Waals surface area contributed by atoms with E-state index in [0.717, 1.165) is 32.1 Å². The van der Waals surface area contributed by atoms with Crippen LogP contribution in [0.15, 0.2) is 0 Å². The molecule has 0 aromatic heterocycles. The van der Waals surface area contributed by atoms with E-state index in [1.54, 1.807) is 0 Å². The van der Waals surface area contributed by atoms with Gasteiger partial charge in [-0.3, -0.25) is 9.59 Å². The molecule has 5 heteroatoms. The minimum absolute atomic E-state index is 0.00969. The van der Waals surface area contributed by atoms with Crippen LogP contribution in [-0.2, 0) is 9.59 Å². The average molecular weight is 270 g/mol. The van der Waals surface area contributed by atoms with Crippen LogP contribution in [0.4, 0.5) is 0 Å². The summed E-state index contributed by atoms with van der Waals surface area (Å²) < 4.78 is 0. The average Bonchev–Trinajstić information content (AvgIpc) is 2.42. The smallest absolute Gasteiger partial charge is 0.306 e. The van der Waals surface area contributed by atoms with Crippen molar-refractivity contribution in [1.82, 2.24) is 10.6 Å². The Hall–Kier alpha value is -1.10. The van der Waals surface area contributed by atoms with Gasteiger partial charge in [0.05, 0.1) is 12.0 Å². The van der Waals surface area contributed by atoms with Crippen LogP contribution in [0.2, 0.25) is 0 Å². The zero-order valence-electron chi connectivity index (χ0n) is 11.9. The molecule has 0 radical (unpaired) electrons. The first kappa shape index (κ1) is 16.0. The third-order valence-corrected chi connectivity index (χ3v) is 3.86. The maximum absolute atomic E-state index is 11.7. The summed E-state index contributed by atoms with van der Waals surface area (Å²) in [6.07, 6.45) is 4.71. The second kappa shape index (κ2) is 8.15. The fraction of sp³-hybridized carbons (Fsp3) is 0.857. The lowest BCUT2D eigenvalue weighted by Gasteiger charge is -2.29. The number of nitrogens with one attached hydrogen (secondary N) is 2. The predicted octanol–water partition coefficient (Wildman–Crippen LogP) is 1.38. The molecule has 1 amide bonds. The van der Waals surface area contributed by atoms with E-state index in [2.05, 4.69) is 10.6 Å². The lowest BCUT2D eigenvalue weighted by Crippen LogP contribution is -2.45. The van der Waals surface area contributed by atoms with Gasteiger partial charge < -0.3 is 15.7 Å². The fourth-order valence-electron chi connectivity index (χ4n) is 2.60. The molecule has 19 heavy (non-hydrogen) atoms. The summed E-state index contributed by atoms with van der Waals surface area (Å²) in [5.74, 6) is -0.820. The molecule has 3 atom stereocenters. The van der Waals surface area contributed by atoms with Gasteiger partial charge in [0.1, 0.15) is 0 Å². The largest absolute Gasteiger partial charge is 0.481 e. The summed E-state index contributed by atoms with van der Waals surface area (Å²) >= 11 is 0. The van der Waals surface area contributed by atoms with Gasteiger partial charge in [0.2, 0.25) is 5.91 Å². The second-order valence-corrected chi connectivity index (χ2v) is 5.41. The van der Waals surface area contributed by atoms with Crippen molar-refractivity contribution in [2.75, 3.05) is 13.1 Å². The van der Waals surface area contributed by atoms with Gasteiger partial charge in [0.25, 0.3) is 0 Å². The van der Waals surface area contributed by atoms with E-state index in [-0.39, 0.29) is 23.8 Å². The van der Waals surface area contributed by atoms with Gasteiger partial charge in [0.15, 0.2) is 0 Å². The quantitative estimate of drug-likeness (QED) is 0.653. The molecular formula is C14H26N2O3. The van der Waals surface area contributed by atoms with E-state index in [0.29, 0.717) is 13.1 Å². The SMILES string of the molecule is CCCNC(=O)C(C)NCC1CCCCC1C(=O)O. The van der Waals surface area contributed by atoms with Crippen molar-refractivity contribution in [3.63, 3.8) is 0 Å². The van der Waals surface area contributed by atoms with Crippen molar-refractivity contribution in [3.8, 4) is 0 Å². The highest BCUT2D eigenvalue weighted by Gasteiger charge is 2.30. The summed E-state index contributed by atoms with van der Waals surface area (Å²) in [7, 11) is 0. The van der Waals surface area contributed by atoms with E-state index in [1.807, 2.05) is 13.8 Å². The molecule has 3 unspecified atom stereocenters. The Labute approximate surface area is 115 Å². The van der Waals surface area contributed by atoms with Crippen LogP contribution in [0.1, 0.15) is 46.0 Å². The Bertz CT molecular complexity index is 307. The number of rotatable bonds is 7. The molecule has 1 fully saturated rings. The van der Waals surface area contributed by atoms with Crippen molar-refractivity contribution < 1.29 is 14.7 Å². The molecule has 0 saturated heterocycles. The standard InChI is InChI=1S/C14H26N2O3/c1-3-8-15-13(17)10(2)16-9-11-6-4-5-7-12(11)14(18)19/h10-12,16H,3-9H2,1-2H3,(H,15,17)(H,18,19). The van der Waals surface area contributed by atoms with Crippen molar-refractivity contribution in [2.24, 2.45) is 11.8 Å². The number of hydrogen-bond acceptors (Lipinski definition) is 3. The molecule has 0 aromatic rings. The highest BCUT2D eigenvalue weighted by molar-refractivity contribution is 5.81. The maximum Gasteiger partial charge on any atom is 0.306 e. The van der Waals surface area contributed by atoms with E-state index >= 15 is 0 Å².